The molecule has 1 aliphatic heterocycles. The van der Waals surface area contributed by atoms with Crippen LogP contribution < -0.4 is 5.90 Å². The number of likely N-dealkylation sites (tertiary alicyclic amines) is 1. The van der Waals surface area contributed by atoms with E-state index < -0.39 is 0 Å². The van der Waals surface area contributed by atoms with Crippen LogP contribution in [-0.2, 0) is 14.4 Å². The Morgan fingerprint density at radius 2 is 2.33 bits per heavy atom. The van der Waals surface area contributed by atoms with Crippen LogP contribution in [0.25, 0.3) is 0 Å². The van der Waals surface area contributed by atoms with E-state index in [0.717, 1.165) is 0 Å². The van der Waals surface area contributed by atoms with Crippen molar-refractivity contribution in [2.75, 3.05) is 13.2 Å². The van der Waals surface area contributed by atoms with Gasteiger partial charge in [-0.3, -0.25) is 14.5 Å². The van der Waals surface area contributed by atoms with Gasteiger partial charge < -0.3 is 4.84 Å². The van der Waals surface area contributed by atoms with E-state index in [4.69, 9.17) is 5.90 Å². The van der Waals surface area contributed by atoms with E-state index in [1.807, 2.05) is 0 Å². The summed E-state index contributed by atoms with van der Waals surface area (Å²) in [5.74, 6) is 4.34. The normalized spacial score (nSPS) is 23.8. The highest BCUT2D eigenvalue weighted by Crippen LogP contribution is 2.17. The SMILES string of the molecule is CC1CC(=O)N(CCON)C1=O. The second kappa shape index (κ2) is 3.64. The zero-order chi connectivity index (χ0) is 9.14. The van der Waals surface area contributed by atoms with Crippen molar-refractivity contribution in [1.29, 1.82) is 0 Å². The third-order valence-electron chi connectivity index (χ3n) is 1.90. The first kappa shape index (κ1) is 9.15. The van der Waals surface area contributed by atoms with Crippen LogP contribution in [-0.4, -0.2) is 29.9 Å². The van der Waals surface area contributed by atoms with Gasteiger partial charge in [0.2, 0.25) is 11.8 Å². The molecule has 0 saturated carbocycles. The first-order valence-corrected chi connectivity index (χ1v) is 3.82. The summed E-state index contributed by atoms with van der Waals surface area (Å²) in [5, 5.41) is 0. The standard InChI is InChI=1S/C7H12N2O3/c1-5-4-6(10)9(7(5)11)2-3-12-8/h5H,2-4,8H2,1H3. The maximum atomic E-state index is 11.2. The van der Waals surface area contributed by atoms with E-state index in [-0.39, 0.29) is 30.9 Å². The monoisotopic (exact) mass is 172 g/mol. The molecule has 0 spiro atoms. The van der Waals surface area contributed by atoms with E-state index in [2.05, 4.69) is 4.84 Å². The zero-order valence-electron chi connectivity index (χ0n) is 6.95. The predicted octanol–water partition coefficient (Wildman–Crippen LogP) is -0.728. The number of rotatable bonds is 3. The van der Waals surface area contributed by atoms with E-state index in [1.54, 1.807) is 6.92 Å². The van der Waals surface area contributed by atoms with Crippen molar-refractivity contribution in [3.8, 4) is 0 Å². The van der Waals surface area contributed by atoms with Gasteiger partial charge in [-0.25, -0.2) is 5.90 Å². The van der Waals surface area contributed by atoms with Gasteiger partial charge in [0.15, 0.2) is 0 Å². The van der Waals surface area contributed by atoms with Gasteiger partial charge in [0.05, 0.1) is 13.2 Å². The Kier molecular flexibility index (Phi) is 2.78. The van der Waals surface area contributed by atoms with Gasteiger partial charge in [0.25, 0.3) is 0 Å². The quantitative estimate of drug-likeness (QED) is 0.450. The van der Waals surface area contributed by atoms with E-state index in [9.17, 15) is 9.59 Å². The van der Waals surface area contributed by atoms with Crippen LogP contribution in [0, 0.1) is 5.92 Å². The molecule has 12 heavy (non-hydrogen) atoms. The average molecular weight is 172 g/mol. The van der Waals surface area contributed by atoms with Crippen molar-refractivity contribution < 1.29 is 14.4 Å². The lowest BCUT2D eigenvalue weighted by Gasteiger charge is -2.12. The fourth-order valence-corrected chi connectivity index (χ4v) is 1.23. The summed E-state index contributed by atoms with van der Waals surface area (Å²) in [6, 6.07) is 0. The highest BCUT2D eigenvalue weighted by atomic mass is 16.6. The Morgan fingerprint density at radius 3 is 2.75 bits per heavy atom. The largest absolute Gasteiger partial charge is 0.303 e. The highest BCUT2D eigenvalue weighted by molar-refractivity contribution is 6.03. The van der Waals surface area contributed by atoms with Crippen molar-refractivity contribution in [2.45, 2.75) is 13.3 Å². The molecule has 2 N–H and O–H groups in total. The number of nitrogens with zero attached hydrogens (tertiary/aromatic N) is 1. The lowest BCUT2D eigenvalue weighted by molar-refractivity contribution is -0.140. The lowest BCUT2D eigenvalue weighted by atomic mass is 10.1. The molecule has 0 radical (unpaired) electrons. The number of amides is 2. The van der Waals surface area contributed by atoms with Crippen molar-refractivity contribution in [3.05, 3.63) is 0 Å². The molecule has 1 saturated heterocycles. The Bertz CT molecular complexity index is 205. The maximum absolute atomic E-state index is 11.2. The van der Waals surface area contributed by atoms with Crippen LogP contribution in [0.1, 0.15) is 13.3 Å². The molecule has 0 aromatic rings. The van der Waals surface area contributed by atoms with Gasteiger partial charge in [0.1, 0.15) is 0 Å². The highest BCUT2D eigenvalue weighted by Gasteiger charge is 2.34. The number of nitrogens with two attached hydrogens (primary N) is 1. The number of imide groups is 1. The fraction of sp³-hybridized carbons (Fsp3) is 0.714. The van der Waals surface area contributed by atoms with Crippen molar-refractivity contribution >= 4 is 11.8 Å². The van der Waals surface area contributed by atoms with Crippen LogP contribution in [0.5, 0.6) is 0 Å². The van der Waals surface area contributed by atoms with Gasteiger partial charge in [-0.1, -0.05) is 6.92 Å². The Labute approximate surface area is 70.4 Å². The minimum Gasteiger partial charge on any atom is -0.303 e. The van der Waals surface area contributed by atoms with Crippen LogP contribution in [0.15, 0.2) is 0 Å². The average Bonchev–Trinajstić information content (AvgIpc) is 2.25. The Balaban J connectivity index is 2.52. The van der Waals surface area contributed by atoms with Crippen molar-refractivity contribution in [1.82, 2.24) is 4.90 Å². The summed E-state index contributed by atoms with van der Waals surface area (Å²) in [6.07, 6.45) is 0.309. The molecule has 0 aromatic heterocycles. The molecular weight excluding hydrogens is 160 g/mol. The van der Waals surface area contributed by atoms with Gasteiger partial charge in [-0.15, -0.1) is 0 Å². The van der Waals surface area contributed by atoms with Crippen LogP contribution >= 0.6 is 0 Å². The summed E-state index contributed by atoms with van der Waals surface area (Å²) in [6.45, 7) is 2.20. The predicted molar refractivity (Wildman–Crippen MR) is 40.6 cm³/mol. The molecule has 5 nitrogen and oxygen atoms in total. The first-order chi connectivity index (χ1) is 5.66. The van der Waals surface area contributed by atoms with Crippen LogP contribution in [0.4, 0.5) is 0 Å². The minimum absolute atomic E-state index is 0.128. The Morgan fingerprint density at radius 1 is 1.67 bits per heavy atom. The molecule has 1 unspecified atom stereocenters. The molecule has 0 bridgehead atoms. The summed E-state index contributed by atoms with van der Waals surface area (Å²) in [4.78, 5) is 27.8. The molecule has 0 aliphatic carbocycles. The van der Waals surface area contributed by atoms with Crippen LogP contribution in [0.2, 0.25) is 0 Å². The van der Waals surface area contributed by atoms with Crippen LogP contribution in [0.3, 0.4) is 0 Å². The number of carbonyl (C=O) groups excluding carboxylic acids is 2. The van der Waals surface area contributed by atoms with E-state index in [1.165, 1.54) is 4.90 Å². The third-order valence-corrected chi connectivity index (χ3v) is 1.90. The smallest absolute Gasteiger partial charge is 0.232 e. The molecule has 1 atom stereocenters. The molecule has 1 aliphatic rings. The molecule has 68 valence electrons. The third kappa shape index (κ3) is 1.62. The lowest BCUT2D eigenvalue weighted by Crippen LogP contribution is -2.33. The summed E-state index contributed by atoms with van der Waals surface area (Å²) < 4.78 is 0. The molecule has 1 fully saturated rings. The molecule has 1 heterocycles. The molecular formula is C7H12N2O3. The summed E-state index contributed by atoms with van der Waals surface area (Å²) in [7, 11) is 0. The number of carbonyl (C=O) groups is 2. The topological polar surface area (TPSA) is 72.6 Å². The number of hydrogen-bond donors (Lipinski definition) is 1. The van der Waals surface area contributed by atoms with Gasteiger partial charge in [-0.2, -0.15) is 0 Å². The number of hydrogen-bond acceptors (Lipinski definition) is 4. The maximum Gasteiger partial charge on any atom is 0.232 e. The summed E-state index contributed by atoms with van der Waals surface area (Å²) in [5.41, 5.74) is 0. The Hall–Kier alpha value is -0.940. The van der Waals surface area contributed by atoms with Gasteiger partial charge >= 0.3 is 0 Å². The molecule has 2 amide bonds. The van der Waals surface area contributed by atoms with Gasteiger partial charge in [-0.05, 0) is 0 Å². The first-order valence-electron chi connectivity index (χ1n) is 3.82. The van der Waals surface area contributed by atoms with Crippen molar-refractivity contribution in [3.63, 3.8) is 0 Å². The second-order valence-corrected chi connectivity index (χ2v) is 2.86. The van der Waals surface area contributed by atoms with E-state index in [0.29, 0.717) is 6.42 Å². The molecule has 0 aromatic carbocycles. The molecule has 5 heteroatoms. The minimum atomic E-state index is -0.185. The van der Waals surface area contributed by atoms with Gasteiger partial charge in [0, 0.05) is 12.3 Å². The van der Waals surface area contributed by atoms with E-state index >= 15 is 0 Å². The fourth-order valence-electron chi connectivity index (χ4n) is 1.23. The molecule has 1 rings (SSSR count). The second-order valence-electron chi connectivity index (χ2n) is 2.86. The zero-order valence-corrected chi connectivity index (χ0v) is 6.95. The summed E-state index contributed by atoms with van der Waals surface area (Å²) >= 11 is 0. The van der Waals surface area contributed by atoms with Crippen molar-refractivity contribution in [2.24, 2.45) is 11.8 Å².